The van der Waals surface area contributed by atoms with Crippen LogP contribution in [0.3, 0.4) is 0 Å². The second-order valence-corrected chi connectivity index (χ2v) is 9.39. The summed E-state index contributed by atoms with van der Waals surface area (Å²) >= 11 is 0. The summed E-state index contributed by atoms with van der Waals surface area (Å²) in [6.07, 6.45) is 3.17. The predicted molar refractivity (Wildman–Crippen MR) is 86.3 cm³/mol. The Hall–Kier alpha value is -0.200. The molecule has 1 aliphatic carbocycles. The van der Waals surface area contributed by atoms with Gasteiger partial charge in [-0.05, 0) is 72.1 Å². The minimum Gasteiger partial charge on any atom is -0.210 e. The molecule has 0 aromatic carbocycles. The van der Waals surface area contributed by atoms with Gasteiger partial charge < -0.3 is 0 Å². The Bertz CT molecular complexity index is 326. The van der Waals surface area contributed by atoms with E-state index in [-0.39, 0.29) is 11.5 Å². The fraction of sp³-hybridized carbons (Fsp3) is 1.00. The molecule has 22 heavy (non-hydrogen) atoms. The van der Waals surface area contributed by atoms with Crippen molar-refractivity contribution in [1.29, 1.82) is 0 Å². The van der Waals surface area contributed by atoms with Gasteiger partial charge in [0.05, 0.1) is 17.2 Å². The lowest BCUT2D eigenvalue weighted by molar-refractivity contribution is -0.635. The largest absolute Gasteiger partial charge is 0.210 e. The van der Waals surface area contributed by atoms with Crippen LogP contribution in [-0.2, 0) is 19.8 Å². The molecule has 0 aliphatic heterocycles. The normalized spacial score (nSPS) is 26.5. The number of nitrogens with zero attached hydrogens (tertiary/aromatic N) is 1. The molecule has 1 saturated carbocycles. The maximum absolute atomic E-state index is 5.47. The highest BCUT2D eigenvalue weighted by Crippen LogP contribution is 2.40. The van der Waals surface area contributed by atoms with E-state index in [9.17, 15) is 0 Å². The van der Waals surface area contributed by atoms with Crippen LogP contribution in [0.5, 0.6) is 0 Å². The molecule has 1 fully saturated rings. The molecule has 0 aromatic heterocycles. The Labute approximate surface area is 136 Å². The highest BCUT2D eigenvalue weighted by molar-refractivity contribution is 4.84. The van der Waals surface area contributed by atoms with Crippen molar-refractivity contribution in [3.8, 4) is 0 Å². The number of hydrogen-bond acceptors (Lipinski definition) is 5. The zero-order valence-corrected chi connectivity index (χ0v) is 15.9. The zero-order valence-electron chi connectivity index (χ0n) is 15.9. The minimum atomic E-state index is -0.418. The molecule has 2 atom stereocenters. The van der Waals surface area contributed by atoms with Crippen molar-refractivity contribution in [2.24, 2.45) is 11.3 Å². The SMILES string of the molecule is CC1CC(N(OOC(C)(C)C)OOC(C)(C)C)CC(C)(C)C1. The monoisotopic (exact) mass is 317 g/mol. The van der Waals surface area contributed by atoms with Gasteiger partial charge >= 0.3 is 0 Å². The first-order chi connectivity index (χ1) is 9.77. The molecular formula is C17H35NO4. The summed E-state index contributed by atoms with van der Waals surface area (Å²) in [4.78, 5) is 21.8. The fourth-order valence-electron chi connectivity index (χ4n) is 2.89. The lowest BCUT2D eigenvalue weighted by atomic mass is 9.71. The van der Waals surface area contributed by atoms with Gasteiger partial charge in [-0.1, -0.05) is 20.8 Å². The van der Waals surface area contributed by atoms with Gasteiger partial charge in [-0.15, -0.1) is 9.98 Å². The van der Waals surface area contributed by atoms with E-state index in [2.05, 4.69) is 20.8 Å². The summed E-state index contributed by atoms with van der Waals surface area (Å²) in [5.41, 5.74) is -0.588. The molecule has 132 valence electrons. The van der Waals surface area contributed by atoms with E-state index < -0.39 is 11.2 Å². The van der Waals surface area contributed by atoms with Crippen LogP contribution in [0.1, 0.15) is 81.6 Å². The molecule has 2 unspecified atom stereocenters. The van der Waals surface area contributed by atoms with Gasteiger partial charge in [-0.2, -0.15) is 0 Å². The molecule has 0 spiro atoms. The summed E-state index contributed by atoms with van der Waals surface area (Å²) in [5.74, 6) is 0.604. The van der Waals surface area contributed by atoms with Crippen LogP contribution >= 0.6 is 0 Å². The fourth-order valence-corrected chi connectivity index (χ4v) is 2.89. The third kappa shape index (κ3) is 7.88. The molecule has 5 nitrogen and oxygen atoms in total. The molecular weight excluding hydrogens is 282 g/mol. The van der Waals surface area contributed by atoms with Crippen LogP contribution < -0.4 is 0 Å². The molecule has 0 aromatic rings. The first-order valence-electron chi connectivity index (χ1n) is 8.28. The van der Waals surface area contributed by atoms with E-state index in [0.29, 0.717) is 5.92 Å². The van der Waals surface area contributed by atoms with Crippen LogP contribution in [0.25, 0.3) is 0 Å². The van der Waals surface area contributed by atoms with E-state index in [4.69, 9.17) is 19.8 Å². The quantitative estimate of drug-likeness (QED) is 0.536. The number of hydrogen-bond donors (Lipinski definition) is 0. The molecule has 1 aliphatic rings. The average Bonchev–Trinajstić information content (AvgIpc) is 2.22. The van der Waals surface area contributed by atoms with E-state index in [1.807, 2.05) is 41.5 Å². The Morgan fingerprint density at radius 3 is 1.68 bits per heavy atom. The van der Waals surface area contributed by atoms with Crippen molar-refractivity contribution in [3.63, 3.8) is 0 Å². The second kappa shape index (κ2) is 7.14. The van der Waals surface area contributed by atoms with E-state index in [1.54, 1.807) is 0 Å². The molecule has 5 heteroatoms. The summed E-state index contributed by atoms with van der Waals surface area (Å²) in [7, 11) is 0. The standard InChI is InChI=1S/C17H35NO4/c1-13-10-14(12-17(8,9)11-13)18(21-19-15(2,3)4)22-20-16(5,6)7/h13-14H,10-12H2,1-9H3. The number of rotatable bonds is 5. The minimum absolute atomic E-state index is 0.100. The lowest BCUT2D eigenvalue weighted by Gasteiger charge is -2.41. The van der Waals surface area contributed by atoms with Crippen molar-refractivity contribution >= 4 is 0 Å². The number of hydroxylamine groups is 2. The summed E-state index contributed by atoms with van der Waals surface area (Å²) in [6, 6.07) is 0.100. The predicted octanol–water partition coefficient (Wildman–Crippen LogP) is 4.83. The smallest absolute Gasteiger partial charge is 0.0973 e. The van der Waals surface area contributed by atoms with Crippen molar-refractivity contribution in [1.82, 2.24) is 5.23 Å². The van der Waals surface area contributed by atoms with E-state index >= 15 is 0 Å². The molecule has 0 heterocycles. The summed E-state index contributed by atoms with van der Waals surface area (Å²) in [6.45, 7) is 18.4. The maximum Gasteiger partial charge on any atom is 0.0973 e. The van der Waals surface area contributed by atoms with Crippen LogP contribution in [-0.4, -0.2) is 22.5 Å². The van der Waals surface area contributed by atoms with Gasteiger partial charge in [0.2, 0.25) is 0 Å². The Kier molecular flexibility index (Phi) is 6.44. The highest BCUT2D eigenvalue weighted by Gasteiger charge is 2.38. The van der Waals surface area contributed by atoms with Crippen molar-refractivity contribution in [2.75, 3.05) is 0 Å². The maximum atomic E-state index is 5.47. The third-order valence-electron chi connectivity index (χ3n) is 3.38. The molecule has 0 bridgehead atoms. The van der Waals surface area contributed by atoms with Crippen LogP contribution in [0, 0.1) is 11.3 Å². The van der Waals surface area contributed by atoms with Gasteiger partial charge in [0.15, 0.2) is 0 Å². The Balaban J connectivity index is 2.74. The van der Waals surface area contributed by atoms with Crippen LogP contribution in [0.4, 0.5) is 0 Å². The Morgan fingerprint density at radius 2 is 1.32 bits per heavy atom. The van der Waals surface area contributed by atoms with E-state index in [0.717, 1.165) is 12.8 Å². The van der Waals surface area contributed by atoms with Gasteiger partial charge in [0, 0.05) is 5.23 Å². The molecule has 0 saturated heterocycles. The van der Waals surface area contributed by atoms with Crippen LogP contribution in [0.2, 0.25) is 0 Å². The van der Waals surface area contributed by atoms with Crippen LogP contribution in [0.15, 0.2) is 0 Å². The van der Waals surface area contributed by atoms with Gasteiger partial charge in [0.1, 0.15) is 0 Å². The van der Waals surface area contributed by atoms with E-state index in [1.165, 1.54) is 11.6 Å². The van der Waals surface area contributed by atoms with Crippen molar-refractivity contribution in [2.45, 2.75) is 98.8 Å². The van der Waals surface area contributed by atoms with Gasteiger partial charge in [-0.3, -0.25) is 0 Å². The summed E-state index contributed by atoms with van der Waals surface area (Å²) < 4.78 is 0. The second-order valence-electron chi connectivity index (χ2n) is 9.39. The lowest BCUT2D eigenvalue weighted by Crippen LogP contribution is -2.45. The molecule has 0 radical (unpaired) electrons. The van der Waals surface area contributed by atoms with Crippen molar-refractivity contribution < 1.29 is 19.8 Å². The van der Waals surface area contributed by atoms with Gasteiger partial charge in [0.25, 0.3) is 0 Å². The third-order valence-corrected chi connectivity index (χ3v) is 3.38. The average molecular weight is 317 g/mol. The first-order valence-corrected chi connectivity index (χ1v) is 8.28. The van der Waals surface area contributed by atoms with Gasteiger partial charge in [-0.25, -0.2) is 9.78 Å². The molecule has 0 N–H and O–H groups in total. The summed E-state index contributed by atoms with van der Waals surface area (Å²) in [5, 5.41) is 1.40. The molecule has 0 amide bonds. The highest BCUT2D eigenvalue weighted by atomic mass is 17.4. The zero-order chi connectivity index (χ0) is 17.2. The Morgan fingerprint density at radius 1 is 0.864 bits per heavy atom. The molecule has 1 rings (SSSR count). The first kappa shape index (κ1) is 19.8. The topological polar surface area (TPSA) is 40.2 Å². The van der Waals surface area contributed by atoms with Crippen molar-refractivity contribution in [3.05, 3.63) is 0 Å².